The van der Waals surface area contributed by atoms with E-state index in [1.165, 1.54) is 12.3 Å². The maximum Gasteiger partial charge on any atom is 0.107 e. The molecular formula is C10H18N2. The van der Waals surface area contributed by atoms with E-state index >= 15 is 0 Å². The van der Waals surface area contributed by atoms with Crippen molar-refractivity contribution in [3.63, 3.8) is 0 Å². The van der Waals surface area contributed by atoms with E-state index in [1.807, 2.05) is 6.20 Å². The van der Waals surface area contributed by atoms with E-state index in [-0.39, 0.29) is 0 Å². The Kier molecular flexibility index (Phi) is 3.32. The molecule has 0 radical (unpaired) electrons. The number of nitrogens with zero attached hydrogens (tertiary/aromatic N) is 2. The van der Waals surface area contributed by atoms with Gasteiger partial charge in [-0.05, 0) is 19.8 Å². The van der Waals surface area contributed by atoms with E-state index in [0.29, 0.717) is 5.92 Å². The Morgan fingerprint density at radius 3 is 3.08 bits per heavy atom. The first-order valence-electron chi connectivity index (χ1n) is 4.69. The molecule has 2 heteroatoms. The number of amidine groups is 1. The van der Waals surface area contributed by atoms with Crippen LogP contribution in [0.4, 0.5) is 0 Å². The molecule has 0 aromatic heterocycles. The fourth-order valence-corrected chi connectivity index (χ4v) is 1.44. The number of hydrogen-bond acceptors (Lipinski definition) is 2. The van der Waals surface area contributed by atoms with Gasteiger partial charge in [-0.2, -0.15) is 0 Å². The molecule has 0 fully saturated rings. The summed E-state index contributed by atoms with van der Waals surface area (Å²) in [6, 6.07) is 0. The highest BCUT2D eigenvalue weighted by atomic mass is 15.2. The molecule has 0 bridgehead atoms. The van der Waals surface area contributed by atoms with Gasteiger partial charge in [-0.3, -0.25) is 0 Å². The van der Waals surface area contributed by atoms with Crippen molar-refractivity contribution in [1.29, 1.82) is 0 Å². The van der Waals surface area contributed by atoms with Crippen LogP contribution in [0.25, 0.3) is 0 Å². The lowest BCUT2D eigenvalue weighted by molar-refractivity contribution is 0.488. The molecule has 0 aliphatic carbocycles. The minimum Gasteiger partial charge on any atom is -0.363 e. The zero-order valence-corrected chi connectivity index (χ0v) is 8.25. The van der Waals surface area contributed by atoms with Crippen molar-refractivity contribution in [2.24, 2.45) is 10.9 Å². The fourth-order valence-electron chi connectivity index (χ4n) is 1.44. The molecule has 12 heavy (non-hydrogen) atoms. The minimum atomic E-state index is 0.602. The molecule has 0 saturated heterocycles. The average molecular weight is 166 g/mol. The molecule has 1 unspecified atom stereocenters. The van der Waals surface area contributed by atoms with E-state index in [4.69, 9.17) is 0 Å². The van der Waals surface area contributed by atoms with Crippen molar-refractivity contribution < 1.29 is 0 Å². The summed E-state index contributed by atoms with van der Waals surface area (Å²) in [6.07, 6.45) is 6.46. The van der Waals surface area contributed by atoms with Crippen LogP contribution < -0.4 is 0 Å². The van der Waals surface area contributed by atoms with Crippen LogP contribution in [0.1, 0.15) is 26.7 Å². The standard InChI is InChI=1S/C10H18N2/c1-4-12(3)10-9(2)7-5-6-8-11-10/h6,8-9H,4-5,7H2,1-3H3. The van der Waals surface area contributed by atoms with Crippen molar-refractivity contribution in [2.75, 3.05) is 13.6 Å². The zero-order chi connectivity index (χ0) is 8.97. The lowest BCUT2D eigenvalue weighted by Crippen LogP contribution is -2.31. The van der Waals surface area contributed by atoms with Crippen molar-refractivity contribution in [3.8, 4) is 0 Å². The first-order chi connectivity index (χ1) is 5.75. The number of hydrogen-bond donors (Lipinski definition) is 0. The average Bonchev–Trinajstić information content (AvgIpc) is 2.28. The molecule has 1 atom stereocenters. The second-order valence-electron chi connectivity index (χ2n) is 3.36. The largest absolute Gasteiger partial charge is 0.363 e. The molecule has 1 aliphatic heterocycles. The molecule has 0 aromatic carbocycles. The van der Waals surface area contributed by atoms with Crippen molar-refractivity contribution in [3.05, 3.63) is 12.3 Å². The molecule has 0 saturated carbocycles. The smallest absolute Gasteiger partial charge is 0.107 e. The minimum absolute atomic E-state index is 0.602. The van der Waals surface area contributed by atoms with E-state index < -0.39 is 0 Å². The van der Waals surface area contributed by atoms with Gasteiger partial charge >= 0.3 is 0 Å². The maximum absolute atomic E-state index is 4.44. The third kappa shape index (κ3) is 2.10. The summed E-state index contributed by atoms with van der Waals surface area (Å²) >= 11 is 0. The molecule has 1 aliphatic rings. The maximum atomic E-state index is 4.44. The topological polar surface area (TPSA) is 15.6 Å². The second-order valence-corrected chi connectivity index (χ2v) is 3.36. The zero-order valence-electron chi connectivity index (χ0n) is 8.25. The van der Waals surface area contributed by atoms with Crippen LogP contribution in [0.5, 0.6) is 0 Å². The van der Waals surface area contributed by atoms with Crippen molar-refractivity contribution in [1.82, 2.24) is 4.90 Å². The summed E-state index contributed by atoms with van der Waals surface area (Å²) in [5.74, 6) is 1.83. The van der Waals surface area contributed by atoms with Gasteiger partial charge in [0.15, 0.2) is 0 Å². The van der Waals surface area contributed by atoms with Gasteiger partial charge < -0.3 is 4.90 Å². The Morgan fingerprint density at radius 1 is 1.67 bits per heavy atom. The van der Waals surface area contributed by atoms with E-state index in [0.717, 1.165) is 13.0 Å². The monoisotopic (exact) mass is 166 g/mol. The molecular weight excluding hydrogens is 148 g/mol. The van der Waals surface area contributed by atoms with Gasteiger partial charge in [0.05, 0.1) is 0 Å². The number of rotatable bonds is 1. The first-order valence-corrected chi connectivity index (χ1v) is 4.69. The Bertz CT molecular complexity index is 188. The van der Waals surface area contributed by atoms with Crippen LogP contribution in [0, 0.1) is 5.92 Å². The number of aliphatic imine (C=N–C) groups is 1. The van der Waals surface area contributed by atoms with Gasteiger partial charge in [0.1, 0.15) is 5.84 Å². The Morgan fingerprint density at radius 2 is 2.42 bits per heavy atom. The third-order valence-corrected chi connectivity index (χ3v) is 2.38. The molecule has 68 valence electrons. The Hall–Kier alpha value is -0.790. The van der Waals surface area contributed by atoms with E-state index in [9.17, 15) is 0 Å². The molecule has 0 amide bonds. The summed E-state index contributed by atoms with van der Waals surface area (Å²) in [6.45, 7) is 5.44. The second kappa shape index (κ2) is 4.29. The van der Waals surface area contributed by atoms with Crippen molar-refractivity contribution >= 4 is 5.84 Å². The van der Waals surface area contributed by atoms with Gasteiger partial charge in [0.25, 0.3) is 0 Å². The molecule has 2 nitrogen and oxygen atoms in total. The molecule has 1 rings (SSSR count). The van der Waals surface area contributed by atoms with Crippen LogP contribution in [0.2, 0.25) is 0 Å². The predicted molar refractivity (Wildman–Crippen MR) is 53.3 cm³/mol. The van der Waals surface area contributed by atoms with E-state index in [2.05, 4.69) is 36.9 Å². The lowest BCUT2D eigenvalue weighted by Gasteiger charge is -2.22. The van der Waals surface area contributed by atoms with Gasteiger partial charge in [-0.1, -0.05) is 13.0 Å². The van der Waals surface area contributed by atoms with Crippen LogP contribution in [-0.4, -0.2) is 24.3 Å². The van der Waals surface area contributed by atoms with Gasteiger partial charge in [0.2, 0.25) is 0 Å². The van der Waals surface area contributed by atoms with Crippen LogP contribution >= 0.6 is 0 Å². The summed E-state index contributed by atoms with van der Waals surface area (Å²) in [5, 5.41) is 0. The summed E-state index contributed by atoms with van der Waals surface area (Å²) in [4.78, 5) is 6.66. The van der Waals surface area contributed by atoms with Gasteiger partial charge in [0, 0.05) is 25.7 Å². The molecule has 0 spiro atoms. The third-order valence-electron chi connectivity index (χ3n) is 2.38. The molecule has 0 N–H and O–H groups in total. The summed E-state index contributed by atoms with van der Waals surface area (Å²) < 4.78 is 0. The fraction of sp³-hybridized carbons (Fsp3) is 0.700. The van der Waals surface area contributed by atoms with E-state index in [1.54, 1.807) is 0 Å². The van der Waals surface area contributed by atoms with Gasteiger partial charge in [-0.25, -0.2) is 4.99 Å². The summed E-state index contributed by atoms with van der Waals surface area (Å²) in [5.41, 5.74) is 0. The normalized spacial score (nSPS) is 23.2. The summed E-state index contributed by atoms with van der Waals surface area (Å²) in [7, 11) is 2.11. The highest BCUT2D eigenvalue weighted by Gasteiger charge is 2.13. The van der Waals surface area contributed by atoms with Crippen molar-refractivity contribution in [2.45, 2.75) is 26.7 Å². The number of allylic oxidation sites excluding steroid dienone is 1. The van der Waals surface area contributed by atoms with Crippen LogP contribution in [0.15, 0.2) is 17.3 Å². The molecule has 1 heterocycles. The lowest BCUT2D eigenvalue weighted by atomic mass is 10.0. The molecule has 0 aromatic rings. The quantitative estimate of drug-likeness (QED) is 0.583. The highest BCUT2D eigenvalue weighted by molar-refractivity contribution is 5.84. The Balaban J connectivity index is 2.70. The first kappa shape index (κ1) is 9.30. The Labute approximate surface area is 75.0 Å². The van der Waals surface area contributed by atoms with Gasteiger partial charge in [-0.15, -0.1) is 0 Å². The SMILES string of the molecule is CCN(C)C1=NC=CCCC1C. The predicted octanol–water partition coefficient (Wildman–Crippen LogP) is 2.28. The van der Waals surface area contributed by atoms with Crippen LogP contribution in [0.3, 0.4) is 0 Å². The van der Waals surface area contributed by atoms with Crippen LogP contribution in [-0.2, 0) is 0 Å². The highest BCUT2D eigenvalue weighted by Crippen LogP contribution is 2.14.